The Bertz CT molecular complexity index is 973. The van der Waals surface area contributed by atoms with Gasteiger partial charge in [0.1, 0.15) is 0 Å². The van der Waals surface area contributed by atoms with Crippen LogP contribution in [-0.4, -0.2) is 27.6 Å². The van der Waals surface area contributed by atoms with Crippen molar-refractivity contribution in [2.75, 3.05) is 7.11 Å². The highest BCUT2D eigenvalue weighted by Crippen LogP contribution is 2.43. The summed E-state index contributed by atoms with van der Waals surface area (Å²) in [5.74, 6) is 0.811. The largest absolute Gasteiger partial charge is 0.465 e. The molecule has 1 saturated carbocycles. The average Bonchev–Trinajstić information content (AvgIpc) is 3.28. The molecule has 5 nitrogen and oxygen atoms in total. The van der Waals surface area contributed by atoms with Crippen LogP contribution in [0.1, 0.15) is 47.5 Å². The average molecular weight is 370 g/mol. The minimum absolute atomic E-state index is 0.334. The second-order valence-electron chi connectivity index (χ2n) is 6.75. The summed E-state index contributed by atoms with van der Waals surface area (Å²) < 4.78 is 6.95. The maximum atomic E-state index is 12.0. The Balaban J connectivity index is 1.98. The predicted molar refractivity (Wildman–Crippen MR) is 102 cm³/mol. The molecule has 1 aliphatic rings. The number of methoxy groups -OCH3 is 1. The summed E-state index contributed by atoms with van der Waals surface area (Å²) >= 11 is 5.97. The van der Waals surface area contributed by atoms with Gasteiger partial charge < -0.3 is 9.30 Å². The molecule has 0 radical (unpaired) electrons. The summed E-state index contributed by atoms with van der Waals surface area (Å²) in [6, 6.07) is 5.74. The number of benzene rings is 1. The topological polar surface area (TPSA) is 57.0 Å². The Morgan fingerprint density at radius 2 is 1.92 bits per heavy atom. The van der Waals surface area contributed by atoms with Crippen molar-refractivity contribution in [3.63, 3.8) is 0 Å². The summed E-state index contributed by atoms with van der Waals surface area (Å²) in [6.45, 7) is 0. The second kappa shape index (κ2) is 6.72. The Kier molecular flexibility index (Phi) is 4.41. The Hall–Kier alpha value is -2.40. The third-order valence-electron chi connectivity index (χ3n) is 5.26. The van der Waals surface area contributed by atoms with E-state index in [-0.39, 0.29) is 5.97 Å². The van der Waals surface area contributed by atoms with E-state index in [2.05, 4.69) is 14.5 Å². The maximum Gasteiger partial charge on any atom is 0.337 e. The van der Waals surface area contributed by atoms with Gasteiger partial charge in [-0.15, -0.1) is 0 Å². The van der Waals surface area contributed by atoms with E-state index in [0.717, 1.165) is 16.6 Å². The first-order valence-corrected chi connectivity index (χ1v) is 9.16. The highest BCUT2D eigenvalue weighted by molar-refractivity contribution is 6.30. The number of hydrogen-bond donors (Lipinski definition) is 0. The number of esters is 1. The van der Waals surface area contributed by atoms with Crippen LogP contribution in [0.4, 0.5) is 0 Å². The Labute approximate surface area is 157 Å². The van der Waals surface area contributed by atoms with Crippen LogP contribution in [-0.2, 0) is 11.8 Å². The molecule has 134 valence electrons. The smallest absolute Gasteiger partial charge is 0.337 e. The number of aryl methyl sites for hydroxylation is 1. The molecule has 1 fully saturated rings. The number of rotatable bonds is 3. The summed E-state index contributed by atoms with van der Waals surface area (Å²) in [6.07, 6.45) is 8.06. The molecule has 0 N–H and O–H groups in total. The summed E-state index contributed by atoms with van der Waals surface area (Å²) in [7, 11) is 3.39. The molecule has 4 rings (SSSR count). The van der Waals surface area contributed by atoms with E-state index in [9.17, 15) is 4.79 Å². The maximum absolute atomic E-state index is 12.0. The van der Waals surface area contributed by atoms with E-state index in [1.54, 1.807) is 12.4 Å². The molecule has 3 aromatic rings. The SMILES string of the molecule is COC(=O)c1ccc2c(C3CCCC3)c(-c3ncc(Cl)cn3)n(C)c2c1. The molecule has 6 heteroatoms. The fraction of sp³-hybridized carbons (Fsp3) is 0.350. The molecule has 26 heavy (non-hydrogen) atoms. The zero-order chi connectivity index (χ0) is 18.3. The van der Waals surface area contributed by atoms with E-state index >= 15 is 0 Å². The van der Waals surface area contributed by atoms with Crippen LogP contribution in [0.5, 0.6) is 0 Å². The van der Waals surface area contributed by atoms with Crippen LogP contribution < -0.4 is 0 Å². The number of ether oxygens (including phenoxy) is 1. The molecule has 0 atom stereocenters. The van der Waals surface area contributed by atoms with Crippen molar-refractivity contribution >= 4 is 28.5 Å². The molecule has 1 aromatic carbocycles. The van der Waals surface area contributed by atoms with E-state index in [1.165, 1.54) is 38.4 Å². The monoisotopic (exact) mass is 369 g/mol. The van der Waals surface area contributed by atoms with Gasteiger partial charge in [0, 0.05) is 30.3 Å². The summed E-state index contributed by atoms with van der Waals surface area (Å²) in [5, 5.41) is 1.67. The lowest BCUT2D eigenvalue weighted by molar-refractivity contribution is 0.0601. The van der Waals surface area contributed by atoms with Gasteiger partial charge in [-0.1, -0.05) is 30.5 Å². The highest BCUT2D eigenvalue weighted by atomic mass is 35.5. The van der Waals surface area contributed by atoms with Crippen molar-refractivity contribution in [1.29, 1.82) is 0 Å². The first-order chi connectivity index (χ1) is 12.6. The van der Waals surface area contributed by atoms with Gasteiger partial charge in [-0.25, -0.2) is 14.8 Å². The van der Waals surface area contributed by atoms with Gasteiger partial charge in [0.05, 0.1) is 23.4 Å². The second-order valence-corrected chi connectivity index (χ2v) is 7.19. The molecular formula is C20H20ClN3O2. The number of halogens is 1. The molecule has 0 spiro atoms. The van der Waals surface area contributed by atoms with Gasteiger partial charge >= 0.3 is 5.97 Å². The van der Waals surface area contributed by atoms with Gasteiger partial charge in [0.15, 0.2) is 5.82 Å². The molecule has 2 aromatic heterocycles. The summed E-state index contributed by atoms with van der Waals surface area (Å²) in [4.78, 5) is 20.9. The fourth-order valence-corrected chi connectivity index (χ4v) is 4.14. The molecule has 0 bridgehead atoms. The number of carbonyl (C=O) groups excluding carboxylic acids is 1. The molecule has 2 heterocycles. The van der Waals surface area contributed by atoms with E-state index < -0.39 is 0 Å². The van der Waals surface area contributed by atoms with Crippen LogP contribution in [0.15, 0.2) is 30.6 Å². The molecule has 0 amide bonds. The lowest BCUT2D eigenvalue weighted by Gasteiger charge is -2.12. The Morgan fingerprint density at radius 1 is 1.23 bits per heavy atom. The summed E-state index contributed by atoms with van der Waals surface area (Å²) in [5.41, 5.74) is 3.81. The van der Waals surface area contributed by atoms with Crippen molar-refractivity contribution in [1.82, 2.24) is 14.5 Å². The van der Waals surface area contributed by atoms with Crippen LogP contribution in [0.2, 0.25) is 5.02 Å². The first-order valence-electron chi connectivity index (χ1n) is 8.78. The van der Waals surface area contributed by atoms with Gasteiger partial charge in [-0.2, -0.15) is 0 Å². The number of hydrogen-bond acceptors (Lipinski definition) is 4. The third-order valence-corrected chi connectivity index (χ3v) is 5.45. The predicted octanol–water partition coefficient (Wildman–Crippen LogP) is 4.73. The van der Waals surface area contributed by atoms with Crippen LogP contribution in [0.25, 0.3) is 22.4 Å². The van der Waals surface area contributed by atoms with Gasteiger partial charge in [-0.05, 0) is 36.5 Å². The Morgan fingerprint density at radius 3 is 2.58 bits per heavy atom. The van der Waals surface area contributed by atoms with Crippen LogP contribution >= 0.6 is 11.6 Å². The van der Waals surface area contributed by atoms with E-state index in [4.69, 9.17) is 16.3 Å². The van der Waals surface area contributed by atoms with Gasteiger partial charge in [0.2, 0.25) is 0 Å². The first kappa shape index (κ1) is 17.0. The van der Waals surface area contributed by atoms with Crippen molar-refractivity contribution < 1.29 is 9.53 Å². The van der Waals surface area contributed by atoms with Crippen molar-refractivity contribution in [3.8, 4) is 11.5 Å². The fourth-order valence-electron chi connectivity index (χ4n) is 4.04. The molecule has 0 aliphatic heterocycles. The molecular weight excluding hydrogens is 350 g/mol. The van der Waals surface area contributed by atoms with Crippen molar-refractivity contribution in [3.05, 3.63) is 46.7 Å². The van der Waals surface area contributed by atoms with Crippen LogP contribution in [0.3, 0.4) is 0 Å². The minimum Gasteiger partial charge on any atom is -0.465 e. The number of nitrogens with zero attached hydrogens (tertiary/aromatic N) is 3. The molecule has 1 aliphatic carbocycles. The van der Waals surface area contributed by atoms with Crippen molar-refractivity contribution in [2.45, 2.75) is 31.6 Å². The minimum atomic E-state index is -0.334. The molecule has 0 unspecified atom stereocenters. The molecule has 0 saturated heterocycles. The number of fused-ring (bicyclic) bond motifs is 1. The quantitative estimate of drug-likeness (QED) is 0.626. The zero-order valence-corrected chi connectivity index (χ0v) is 15.6. The number of carbonyl (C=O) groups is 1. The third kappa shape index (κ3) is 2.76. The van der Waals surface area contributed by atoms with Gasteiger partial charge in [0.25, 0.3) is 0 Å². The van der Waals surface area contributed by atoms with Crippen LogP contribution in [0, 0.1) is 0 Å². The zero-order valence-electron chi connectivity index (χ0n) is 14.8. The van der Waals surface area contributed by atoms with E-state index in [1.807, 2.05) is 25.2 Å². The van der Waals surface area contributed by atoms with Crippen molar-refractivity contribution in [2.24, 2.45) is 7.05 Å². The standard InChI is InChI=1S/C20H20ClN3O2/c1-24-16-9-13(20(25)26-2)7-8-15(16)17(12-5-3-4-6-12)18(24)19-22-10-14(21)11-23-19/h7-12H,3-6H2,1-2H3. The lowest BCUT2D eigenvalue weighted by Crippen LogP contribution is -2.02. The van der Waals surface area contributed by atoms with E-state index in [0.29, 0.717) is 22.3 Å². The highest BCUT2D eigenvalue weighted by Gasteiger charge is 2.28. The number of aromatic nitrogens is 3. The normalized spacial score (nSPS) is 14.9. The lowest BCUT2D eigenvalue weighted by atomic mass is 9.93. The van der Waals surface area contributed by atoms with Gasteiger partial charge in [-0.3, -0.25) is 0 Å².